The van der Waals surface area contributed by atoms with E-state index in [0.29, 0.717) is 5.69 Å². The van der Waals surface area contributed by atoms with Crippen molar-refractivity contribution in [2.45, 2.75) is 19.3 Å². The first-order chi connectivity index (χ1) is 8.84. The number of rotatable bonds is 0. The molecule has 1 aliphatic heterocycles. The van der Waals surface area contributed by atoms with Gasteiger partial charge in [0.05, 0.1) is 11.2 Å². The Kier molecular flexibility index (Phi) is 1.87. The van der Waals surface area contributed by atoms with E-state index in [1.807, 2.05) is 12.3 Å². The first kappa shape index (κ1) is 9.83. The van der Waals surface area contributed by atoms with E-state index in [9.17, 15) is 4.79 Å². The zero-order chi connectivity index (χ0) is 12.1. The van der Waals surface area contributed by atoms with Crippen LogP contribution in [0.1, 0.15) is 17.5 Å². The highest BCUT2D eigenvalue weighted by molar-refractivity contribution is 5.69. The number of hydrogen-bond acceptors (Lipinski definition) is 2. The van der Waals surface area contributed by atoms with Crippen LogP contribution in [-0.2, 0) is 12.8 Å². The van der Waals surface area contributed by atoms with Crippen molar-refractivity contribution >= 4 is 5.52 Å². The number of aromatic nitrogens is 2. The third-order valence-corrected chi connectivity index (χ3v) is 3.75. The summed E-state index contributed by atoms with van der Waals surface area (Å²) in [6.07, 6.45) is 7.26. The van der Waals surface area contributed by atoms with Gasteiger partial charge in [0, 0.05) is 12.4 Å². The smallest absolute Gasteiger partial charge is 0.206 e. The second kappa shape index (κ2) is 3.42. The molecule has 88 valence electrons. The molecule has 0 saturated carbocycles. The number of fused-ring (bicyclic) bond motifs is 2. The maximum atomic E-state index is 11.9. The van der Waals surface area contributed by atoms with Crippen LogP contribution in [0.15, 0.2) is 41.5 Å². The SMILES string of the molecule is O=c1cccc2n3ccc4c3c(cnc1-2)CCC4. The van der Waals surface area contributed by atoms with Crippen LogP contribution in [0, 0.1) is 0 Å². The minimum absolute atomic E-state index is 0.00885. The fourth-order valence-corrected chi connectivity index (χ4v) is 2.93. The molecule has 0 amide bonds. The summed E-state index contributed by atoms with van der Waals surface area (Å²) in [5.41, 5.74) is 5.30. The van der Waals surface area contributed by atoms with Gasteiger partial charge in [0.1, 0.15) is 5.69 Å². The molecule has 0 aromatic carbocycles. The standard InChI is InChI=1S/C15H12N2O/c18-13-6-2-5-12-14(13)16-9-11-4-1-3-10-7-8-17(12)15(10)11/h2,5-9H,1,3-4H2. The predicted octanol–water partition coefficient (Wildman–Crippen LogP) is 2.29. The van der Waals surface area contributed by atoms with Gasteiger partial charge in [-0.2, -0.15) is 0 Å². The molecule has 2 heterocycles. The van der Waals surface area contributed by atoms with Gasteiger partial charge in [-0.25, -0.2) is 0 Å². The van der Waals surface area contributed by atoms with Crippen LogP contribution >= 0.6 is 0 Å². The van der Waals surface area contributed by atoms with E-state index in [0.717, 1.165) is 18.5 Å². The van der Waals surface area contributed by atoms with Crippen LogP contribution in [0.3, 0.4) is 0 Å². The molecule has 0 fully saturated rings. The van der Waals surface area contributed by atoms with Crippen molar-refractivity contribution in [3.8, 4) is 11.4 Å². The third-order valence-electron chi connectivity index (χ3n) is 3.75. The minimum Gasteiger partial charge on any atom is -0.314 e. The van der Waals surface area contributed by atoms with Crippen molar-refractivity contribution in [2.75, 3.05) is 0 Å². The van der Waals surface area contributed by atoms with Gasteiger partial charge < -0.3 is 4.40 Å². The summed E-state index contributed by atoms with van der Waals surface area (Å²) < 4.78 is 2.12. The zero-order valence-corrected chi connectivity index (χ0v) is 9.89. The molecule has 2 aliphatic carbocycles. The van der Waals surface area contributed by atoms with E-state index < -0.39 is 0 Å². The molecule has 0 atom stereocenters. The highest BCUT2D eigenvalue weighted by Crippen LogP contribution is 2.28. The van der Waals surface area contributed by atoms with Crippen molar-refractivity contribution in [1.29, 1.82) is 0 Å². The van der Waals surface area contributed by atoms with Gasteiger partial charge in [0.25, 0.3) is 0 Å². The van der Waals surface area contributed by atoms with Gasteiger partial charge in [-0.05, 0) is 48.6 Å². The zero-order valence-electron chi connectivity index (χ0n) is 9.89. The number of hydrogen-bond donors (Lipinski definition) is 0. The summed E-state index contributed by atoms with van der Waals surface area (Å²) in [6, 6.07) is 7.50. The fourth-order valence-electron chi connectivity index (χ4n) is 2.93. The molecular weight excluding hydrogens is 224 g/mol. The number of para-hydroxylation sites is 1. The summed E-state index contributed by atoms with van der Waals surface area (Å²) in [6.45, 7) is 0. The van der Waals surface area contributed by atoms with Crippen molar-refractivity contribution in [3.05, 3.63) is 58.0 Å². The molecule has 1 aromatic rings. The highest BCUT2D eigenvalue weighted by atomic mass is 16.1. The second-order valence-electron chi connectivity index (χ2n) is 4.82. The van der Waals surface area contributed by atoms with E-state index in [1.54, 1.807) is 12.1 Å². The lowest BCUT2D eigenvalue weighted by Crippen LogP contribution is -2.06. The van der Waals surface area contributed by atoms with E-state index in [2.05, 4.69) is 21.6 Å². The first-order valence-corrected chi connectivity index (χ1v) is 6.25. The van der Waals surface area contributed by atoms with Gasteiger partial charge in [0.2, 0.25) is 5.43 Å². The molecule has 4 rings (SSSR count). The molecule has 0 bridgehead atoms. The van der Waals surface area contributed by atoms with Gasteiger partial charge in [0.15, 0.2) is 0 Å². The lowest BCUT2D eigenvalue weighted by atomic mass is 9.98. The van der Waals surface area contributed by atoms with Crippen LogP contribution in [0.4, 0.5) is 0 Å². The largest absolute Gasteiger partial charge is 0.314 e. The van der Waals surface area contributed by atoms with Crippen molar-refractivity contribution < 1.29 is 0 Å². The molecule has 0 saturated heterocycles. The van der Waals surface area contributed by atoms with Gasteiger partial charge in [-0.1, -0.05) is 6.07 Å². The molecular formula is C15H12N2O. The lowest BCUT2D eigenvalue weighted by molar-refractivity contribution is 0.803. The lowest BCUT2D eigenvalue weighted by Gasteiger charge is -2.10. The maximum Gasteiger partial charge on any atom is 0.206 e. The average molecular weight is 236 g/mol. The van der Waals surface area contributed by atoms with Crippen molar-refractivity contribution in [1.82, 2.24) is 9.38 Å². The summed E-state index contributed by atoms with van der Waals surface area (Å²) in [5, 5.41) is 0. The van der Waals surface area contributed by atoms with Crippen LogP contribution in [0.5, 0.6) is 0 Å². The Hall–Kier alpha value is -2.16. The van der Waals surface area contributed by atoms with Gasteiger partial charge in [-0.3, -0.25) is 9.78 Å². The molecule has 0 unspecified atom stereocenters. The molecule has 3 heteroatoms. The molecule has 0 radical (unpaired) electrons. The summed E-state index contributed by atoms with van der Waals surface area (Å²) in [5.74, 6) is 0. The van der Waals surface area contributed by atoms with Crippen LogP contribution in [0.2, 0.25) is 0 Å². The normalized spacial score (nSPS) is 14.2. The summed E-state index contributed by atoms with van der Waals surface area (Å²) in [4.78, 5) is 16.3. The Labute approximate surface area is 104 Å². The monoisotopic (exact) mass is 236 g/mol. The average Bonchev–Trinajstić information content (AvgIpc) is 2.73. The van der Waals surface area contributed by atoms with E-state index in [1.165, 1.54) is 23.1 Å². The molecule has 18 heavy (non-hydrogen) atoms. The molecule has 1 aromatic heterocycles. The van der Waals surface area contributed by atoms with Crippen molar-refractivity contribution in [3.63, 3.8) is 0 Å². The second-order valence-corrected chi connectivity index (χ2v) is 4.82. The minimum atomic E-state index is -0.00885. The molecule has 3 nitrogen and oxygen atoms in total. The molecule has 0 spiro atoms. The van der Waals surface area contributed by atoms with Crippen LogP contribution in [0.25, 0.3) is 16.9 Å². The Bertz CT molecular complexity index is 788. The summed E-state index contributed by atoms with van der Waals surface area (Å²) in [7, 11) is 0. The first-order valence-electron chi connectivity index (χ1n) is 6.25. The maximum absolute atomic E-state index is 11.9. The van der Waals surface area contributed by atoms with E-state index in [4.69, 9.17) is 0 Å². The Balaban J connectivity index is 2.28. The van der Waals surface area contributed by atoms with Gasteiger partial charge in [-0.15, -0.1) is 0 Å². The summed E-state index contributed by atoms with van der Waals surface area (Å²) >= 11 is 0. The highest BCUT2D eigenvalue weighted by Gasteiger charge is 2.17. The topological polar surface area (TPSA) is 34.4 Å². The quantitative estimate of drug-likeness (QED) is 0.600. The number of aryl methyl sites for hydroxylation is 2. The van der Waals surface area contributed by atoms with Gasteiger partial charge >= 0.3 is 0 Å². The Morgan fingerprint density at radius 3 is 2.94 bits per heavy atom. The number of benzene rings is 1. The Morgan fingerprint density at radius 2 is 2.00 bits per heavy atom. The van der Waals surface area contributed by atoms with Crippen LogP contribution in [-0.4, -0.2) is 9.38 Å². The van der Waals surface area contributed by atoms with Crippen molar-refractivity contribution in [2.24, 2.45) is 0 Å². The molecule has 0 N–H and O–H groups in total. The predicted molar refractivity (Wildman–Crippen MR) is 70.1 cm³/mol. The molecule has 3 aliphatic rings. The number of nitrogens with zero attached hydrogens (tertiary/aromatic N) is 2. The van der Waals surface area contributed by atoms with Crippen LogP contribution < -0.4 is 5.43 Å². The van der Waals surface area contributed by atoms with E-state index in [-0.39, 0.29) is 5.43 Å². The Morgan fingerprint density at radius 1 is 1.11 bits per heavy atom. The third kappa shape index (κ3) is 1.19. The fraction of sp³-hybridized carbons (Fsp3) is 0.200. The van der Waals surface area contributed by atoms with E-state index >= 15 is 0 Å².